The molecule has 0 bridgehead atoms. The van der Waals surface area contributed by atoms with Gasteiger partial charge in [-0.15, -0.1) is 0 Å². The van der Waals surface area contributed by atoms with Crippen LogP contribution in [0, 0.1) is 6.92 Å². The van der Waals surface area contributed by atoms with E-state index in [1.165, 1.54) is 0 Å². The molecule has 0 spiro atoms. The first-order valence-electron chi connectivity index (χ1n) is 9.31. The lowest BCUT2D eigenvalue weighted by atomic mass is 10.2. The Balaban J connectivity index is 1.56. The highest BCUT2D eigenvalue weighted by Gasteiger charge is 2.24. The number of ether oxygens (including phenoxy) is 1. The molecule has 9 nitrogen and oxygen atoms in total. The first-order valence-corrected chi connectivity index (χ1v) is 9.31. The standard InChI is InChI=1S/C19H23N7O2/c1-3-28-19(27)26-8-6-25(7-9-26)15-11-21-17(20)16(24-15)18-22-13-5-4-12(2)10-14(13)23-18/h4-5,10-11H,3,6-9H2,1-2H3,(H2,20,21)(H,22,23). The maximum Gasteiger partial charge on any atom is 0.409 e. The Labute approximate surface area is 162 Å². The predicted molar refractivity (Wildman–Crippen MR) is 107 cm³/mol. The number of aryl methyl sites for hydroxylation is 1. The second-order valence-corrected chi connectivity index (χ2v) is 6.74. The van der Waals surface area contributed by atoms with Crippen molar-refractivity contribution < 1.29 is 9.53 Å². The van der Waals surface area contributed by atoms with Crippen LogP contribution in [0.3, 0.4) is 0 Å². The summed E-state index contributed by atoms with van der Waals surface area (Å²) in [6.07, 6.45) is 1.38. The molecule has 28 heavy (non-hydrogen) atoms. The van der Waals surface area contributed by atoms with E-state index >= 15 is 0 Å². The largest absolute Gasteiger partial charge is 0.450 e. The zero-order valence-electron chi connectivity index (χ0n) is 16.0. The van der Waals surface area contributed by atoms with Gasteiger partial charge in [0.25, 0.3) is 0 Å². The lowest BCUT2D eigenvalue weighted by molar-refractivity contribution is 0.105. The quantitative estimate of drug-likeness (QED) is 0.715. The number of fused-ring (bicyclic) bond motifs is 1. The number of rotatable bonds is 3. The van der Waals surface area contributed by atoms with Gasteiger partial charge in [0.05, 0.1) is 23.8 Å². The number of H-pyrrole nitrogens is 1. The average molecular weight is 381 g/mol. The van der Waals surface area contributed by atoms with E-state index in [9.17, 15) is 4.79 Å². The molecule has 9 heteroatoms. The van der Waals surface area contributed by atoms with Crippen LogP contribution < -0.4 is 10.6 Å². The van der Waals surface area contributed by atoms with Crippen molar-refractivity contribution in [3.8, 4) is 11.5 Å². The van der Waals surface area contributed by atoms with Crippen LogP contribution in [-0.2, 0) is 4.74 Å². The molecule has 0 unspecified atom stereocenters. The summed E-state index contributed by atoms with van der Waals surface area (Å²) in [6.45, 7) is 6.66. The molecule has 146 valence electrons. The molecule has 0 radical (unpaired) electrons. The molecule has 1 aliphatic rings. The van der Waals surface area contributed by atoms with Gasteiger partial charge in [-0.25, -0.2) is 19.7 Å². The zero-order chi connectivity index (χ0) is 19.7. The van der Waals surface area contributed by atoms with Gasteiger partial charge in [-0.3, -0.25) is 0 Å². The fraction of sp³-hybridized carbons (Fsp3) is 0.368. The number of amides is 1. The summed E-state index contributed by atoms with van der Waals surface area (Å²) >= 11 is 0. The topological polar surface area (TPSA) is 113 Å². The summed E-state index contributed by atoms with van der Waals surface area (Å²) in [5.41, 5.74) is 9.54. The molecule has 1 aliphatic heterocycles. The maximum atomic E-state index is 11.9. The minimum absolute atomic E-state index is 0.274. The van der Waals surface area contributed by atoms with Crippen molar-refractivity contribution in [2.75, 3.05) is 43.4 Å². The van der Waals surface area contributed by atoms with Gasteiger partial charge in [-0.05, 0) is 31.5 Å². The van der Waals surface area contributed by atoms with Crippen LogP contribution in [-0.4, -0.2) is 63.7 Å². The van der Waals surface area contributed by atoms with E-state index in [0.717, 1.165) is 16.6 Å². The van der Waals surface area contributed by atoms with Gasteiger partial charge >= 0.3 is 6.09 Å². The molecule has 0 saturated carbocycles. The SMILES string of the molecule is CCOC(=O)N1CCN(c2cnc(N)c(-c3nc4ccc(C)cc4[nH]3)n2)CC1. The van der Waals surface area contributed by atoms with Crippen molar-refractivity contribution in [2.45, 2.75) is 13.8 Å². The van der Waals surface area contributed by atoms with E-state index in [2.05, 4.69) is 19.9 Å². The Kier molecular flexibility index (Phi) is 4.72. The summed E-state index contributed by atoms with van der Waals surface area (Å²) in [5, 5.41) is 0. The Morgan fingerprint density at radius 3 is 2.79 bits per heavy atom. The van der Waals surface area contributed by atoms with Gasteiger partial charge < -0.3 is 25.3 Å². The Bertz CT molecular complexity index is 1010. The van der Waals surface area contributed by atoms with Crippen molar-refractivity contribution in [3.63, 3.8) is 0 Å². The molecular weight excluding hydrogens is 358 g/mol. The molecule has 4 rings (SSSR count). The molecule has 1 fully saturated rings. The molecule has 2 aromatic heterocycles. The van der Waals surface area contributed by atoms with Crippen molar-refractivity contribution >= 4 is 28.8 Å². The van der Waals surface area contributed by atoms with E-state index in [1.807, 2.05) is 25.1 Å². The summed E-state index contributed by atoms with van der Waals surface area (Å²) < 4.78 is 5.06. The number of nitrogens with two attached hydrogens (primary N) is 1. The highest BCUT2D eigenvalue weighted by molar-refractivity contribution is 5.81. The van der Waals surface area contributed by atoms with Crippen LogP contribution in [0.25, 0.3) is 22.6 Å². The van der Waals surface area contributed by atoms with E-state index < -0.39 is 0 Å². The van der Waals surface area contributed by atoms with Crippen LogP contribution in [0.1, 0.15) is 12.5 Å². The second kappa shape index (κ2) is 7.34. The molecule has 0 atom stereocenters. The zero-order valence-corrected chi connectivity index (χ0v) is 16.0. The number of nitrogens with one attached hydrogen (secondary N) is 1. The van der Waals surface area contributed by atoms with E-state index in [4.69, 9.17) is 15.5 Å². The Hall–Kier alpha value is -3.36. The number of aromatic nitrogens is 4. The highest BCUT2D eigenvalue weighted by atomic mass is 16.6. The van der Waals surface area contributed by atoms with E-state index in [0.29, 0.717) is 55.9 Å². The Morgan fingerprint density at radius 2 is 2.04 bits per heavy atom. The summed E-state index contributed by atoms with van der Waals surface area (Å²) in [6, 6.07) is 6.02. The van der Waals surface area contributed by atoms with Crippen LogP contribution >= 0.6 is 0 Å². The molecule has 1 saturated heterocycles. The third kappa shape index (κ3) is 3.42. The second-order valence-electron chi connectivity index (χ2n) is 6.74. The monoisotopic (exact) mass is 381 g/mol. The van der Waals surface area contributed by atoms with Crippen molar-refractivity contribution in [2.24, 2.45) is 0 Å². The minimum atomic E-state index is -0.274. The van der Waals surface area contributed by atoms with Crippen molar-refractivity contribution in [1.82, 2.24) is 24.8 Å². The third-order valence-corrected chi connectivity index (χ3v) is 4.78. The van der Waals surface area contributed by atoms with Crippen LogP contribution in [0.15, 0.2) is 24.4 Å². The van der Waals surface area contributed by atoms with Crippen molar-refractivity contribution in [1.29, 1.82) is 0 Å². The number of aromatic amines is 1. The van der Waals surface area contributed by atoms with Crippen LogP contribution in [0.4, 0.5) is 16.4 Å². The number of benzene rings is 1. The normalized spacial score (nSPS) is 14.5. The van der Waals surface area contributed by atoms with E-state index in [1.54, 1.807) is 18.0 Å². The number of carbonyl (C=O) groups excluding carboxylic acids is 1. The summed E-state index contributed by atoms with van der Waals surface area (Å²) in [5.74, 6) is 1.63. The van der Waals surface area contributed by atoms with Gasteiger partial charge in [-0.1, -0.05) is 6.07 Å². The molecule has 3 N–H and O–H groups in total. The number of anilines is 2. The average Bonchev–Trinajstić information content (AvgIpc) is 3.11. The first-order chi connectivity index (χ1) is 13.5. The van der Waals surface area contributed by atoms with Gasteiger partial charge in [-0.2, -0.15) is 0 Å². The number of imidazole rings is 1. The minimum Gasteiger partial charge on any atom is -0.450 e. The van der Waals surface area contributed by atoms with Gasteiger partial charge in [0.1, 0.15) is 5.82 Å². The molecule has 0 aliphatic carbocycles. The third-order valence-electron chi connectivity index (χ3n) is 4.78. The van der Waals surface area contributed by atoms with Crippen molar-refractivity contribution in [3.05, 3.63) is 30.0 Å². The maximum absolute atomic E-state index is 11.9. The number of nitrogen functional groups attached to an aromatic ring is 1. The molecule has 3 aromatic rings. The van der Waals surface area contributed by atoms with Crippen LogP contribution in [0.5, 0.6) is 0 Å². The van der Waals surface area contributed by atoms with Gasteiger partial charge in [0.15, 0.2) is 17.3 Å². The Morgan fingerprint density at radius 1 is 1.25 bits per heavy atom. The number of piperazine rings is 1. The fourth-order valence-electron chi connectivity index (χ4n) is 3.28. The lowest BCUT2D eigenvalue weighted by Crippen LogP contribution is -2.49. The number of carbonyl (C=O) groups is 1. The fourth-order valence-corrected chi connectivity index (χ4v) is 3.28. The number of hydrogen-bond acceptors (Lipinski definition) is 7. The smallest absolute Gasteiger partial charge is 0.409 e. The number of nitrogens with zero attached hydrogens (tertiary/aromatic N) is 5. The summed E-state index contributed by atoms with van der Waals surface area (Å²) in [7, 11) is 0. The molecule has 1 aromatic carbocycles. The summed E-state index contributed by atoms with van der Waals surface area (Å²) in [4.78, 5) is 32.5. The van der Waals surface area contributed by atoms with Gasteiger partial charge in [0.2, 0.25) is 0 Å². The van der Waals surface area contributed by atoms with Crippen LogP contribution in [0.2, 0.25) is 0 Å². The van der Waals surface area contributed by atoms with Gasteiger partial charge in [0, 0.05) is 26.2 Å². The molecule has 1 amide bonds. The lowest BCUT2D eigenvalue weighted by Gasteiger charge is -2.34. The number of hydrogen-bond donors (Lipinski definition) is 2. The predicted octanol–water partition coefficient (Wildman–Crippen LogP) is 2.19. The molecular formula is C19H23N7O2. The highest BCUT2D eigenvalue weighted by Crippen LogP contribution is 2.25. The first kappa shape index (κ1) is 18.0. The molecule has 3 heterocycles. The van der Waals surface area contributed by atoms with E-state index in [-0.39, 0.29) is 6.09 Å².